The van der Waals surface area contributed by atoms with Gasteiger partial charge in [0.15, 0.2) is 0 Å². The smallest absolute Gasteiger partial charge is 0.290 e. The molecule has 2 rings (SSSR count). The predicted molar refractivity (Wildman–Crippen MR) is 70.8 cm³/mol. The summed E-state index contributed by atoms with van der Waals surface area (Å²) in [6.07, 6.45) is 1.72. The summed E-state index contributed by atoms with van der Waals surface area (Å²) in [7, 11) is 3.48. The van der Waals surface area contributed by atoms with Gasteiger partial charge in [-0.1, -0.05) is 0 Å². The average molecular weight is 264 g/mol. The Morgan fingerprint density at radius 1 is 1.53 bits per heavy atom. The van der Waals surface area contributed by atoms with Crippen molar-refractivity contribution in [2.45, 2.75) is 6.92 Å². The molecule has 3 N–H and O–H groups in total. The molecule has 0 radical (unpaired) electrons. The molecule has 0 saturated heterocycles. The second-order valence-electron chi connectivity index (χ2n) is 3.65. The third kappa shape index (κ3) is 3.21. The van der Waals surface area contributed by atoms with Crippen LogP contribution >= 0.6 is 0 Å². The van der Waals surface area contributed by atoms with Crippen LogP contribution in [0.2, 0.25) is 0 Å². The lowest BCUT2D eigenvalue weighted by Crippen LogP contribution is -2.02. The minimum atomic E-state index is -0.250. The molecule has 0 aliphatic rings. The molecule has 0 amide bonds. The molecule has 7 heteroatoms. The fourth-order valence-corrected chi connectivity index (χ4v) is 1.66. The van der Waals surface area contributed by atoms with E-state index in [-0.39, 0.29) is 6.47 Å². The van der Waals surface area contributed by atoms with Crippen molar-refractivity contribution in [3.05, 3.63) is 24.0 Å². The molecule has 0 aliphatic carbocycles. The van der Waals surface area contributed by atoms with E-state index in [4.69, 9.17) is 20.4 Å². The lowest BCUT2D eigenvalue weighted by Gasteiger charge is -2.10. The number of pyridine rings is 1. The highest BCUT2D eigenvalue weighted by molar-refractivity contribution is 5.72. The van der Waals surface area contributed by atoms with Crippen molar-refractivity contribution in [1.82, 2.24) is 14.8 Å². The number of aromatic nitrogens is 3. The number of methoxy groups -OCH3 is 1. The molecule has 0 atom stereocenters. The first-order valence-corrected chi connectivity index (χ1v) is 5.42. The van der Waals surface area contributed by atoms with E-state index in [1.54, 1.807) is 18.0 Å². The van der Waals surface area contributed by atoms with Crippen molar-refractivity contribution >= 4 is 12.3 Å². The number of aryl methyl sites for hydroxylation is 2. The van der Waals surface area contributed by atoms with Crippen LogP contribution in [0.3, 0.4) is 0 Å². The summed E-state index contributed by atoms with van der Waals surface area (Å²) in [5, 5.41) is 11.0. The lowest BCUT2D eigenvalue weighted by molar-refractivity contribution is -0.122. The van der Waals surface area contributed by atoms with E-state index in [2.05, 4.69) is 10.1 Å². The van der Waals surface area contributed by atoms with Crippen LogP contribution in [-0.2, 0) is 11.8 Å². The van der Waals surface area contributed by atoms with Gasteiger partial charge in [0.25, 0.3) is 6.47 Å². The summed E-state index contributed by atoms with van der Waals surface area (Å²) in [6.45, 7) is 1.61. The summed E-state index contributed by atoms with van der Waals surface area (Å²) in [4.78, 5) is 12.6. The topological polar surface area (TPSA) is 103 Å². The maximum atomic E-state index is 8.36. The molecule has 2 aromatic heterocycles. The summed E-state index contributed by atoms with van der Waals surface area (Å²) in [5.41, 5.74) is 8.44. The standard InChI is InChI=1S/C11H14N4O.CH2O2/c1-7-10(16-3)6-8(11(12)14-7)9-4-5-13-15(9)2;2-1-3/h4-6H,1-3H3,(H2,12,14);1H,(H,2,3). The van der Waals surface area contributed by atoms with Gasteiger partial charge in [-0.2, -0.15) is 5.10 Å². The van der Waals surface area contributed by atoms with Crippen molar-refractivity contribution in [2.24, 2.45) is 7.05 Å². The highest BCUT2D eigenvalue weighted by Crippen LogP contribution is 2.29. The van der Waals surface area contributed by atoms with Crippen LogP contribution < -0.4 is 10.5 Å². The first kappa shape index (κ1) is 14.5. The Labute approximate surface area is 110 Å². The number of hydrogen-bond acceptors (Lipinski definition) is 5. The van der Waals surface area contributed by atoms with Crippen molar-refractivity contribution in [3.63, 3.8) is 0 Å². The van der Waals surface area contributed by atoms with Crippen LogP contribution in [0.5, 0.6) is 5.75 Å². The highest BCUT2D eigenvalue weighted by Gasteiger charge is 2.11. The minimum absolute atomic E-state index is 0.250. The number of carboxylic acid groups (broad SMARTS) is 1. The maximum absolute atomic E-state index is 8.36. The quantitative estimate of drug-likeness (QED) is 0.787. The number of ether oxygens (including phenoxy) is 1. The summed E-state index contributed by atoms with van der Waals surface area (Å²) in [6, 6.07) is 3.77. The third-order valence-electron chi connectivity index (χ3n) is 2.51. The third-order valence-corrected chi connectivity index (χ3v) is 2.51. The van der Waals surface area contributed by atoms with Crippen LogP contribution in [0.15, 0.2) is 18.3 Å². The Morgan fingerprint density at radius 2 is 2.16 bits per heavy atom. The Balaban J connectivity index is 0.000000550. The SMILES string of the molecule is COc1cc(-c2ccnn2C)c(N)nc1C.O=CO. The maximum Gasteiger partial charge on any atom is 0.290 e. The van der Waals surface area contributed by atoms with Gasteiger partial charge < -0.3 is 15.6 Å². The van der Waals surface area contributed by atoms with E-state index in [1.807, 2.05) is 26.1 Å². The van der Waals surface area contributed by atoms with Crippen LogP contribution in [0, 0.1) is 6.92 Å². The molecular formula is C12H16N4O3. The Bertz CT molecular complexity index is 566. The van der Waals surface area contributed by atoms with Gasteiger partial charge in [-0.3, -0.25) is 9.48 Å². The van der Waals surface area contributed by atoms with Crippen LogP contribution in [0.4, 0.5) is 5.82 Å². The fraction of sp³-hybridized carbons (Fsp3) is 0.250. The number of carbonyl (C=O) groups is 1. The molecule has 0 saturated carbocycles. The van der Waals surface area contributed by atoms with Gasteiger partial charge in [0.1, 0.15) is 11.6 Å². The van der Waals surface area contributed by atoms with E-state index >= 15 is 0 Å². The van der Waals surface area contributed by atoms with Crippen LogP contribution in [0.1, 0.15) is 5.69 Å². The first-order chi connectivity index (χ1) is 9.04. The zero-order chi connectivity index (χ0) is 14.4. The van der Waals surface area contributed by atoms with Gasteiger partial charge in [-0.05, 0) is 19.1 Å². The number of nitrogen functional groups attached to an aromatic ring is 1. The lowest BCUT2D eigenvalue weighted by atomic mass is 10.1. The first-order valence-electron chi connectivity index (χ1n) is 5.42. The fourth-order valence-electron chi connectivity index (χ4n) is 1.66. The molecule has 2 aromatic rings. The highest BCUT2D eigenvalue weighted by atomic mass is 16.5. The Morgan fingerprint density at radius 3 is 2.63 bits per heavy atom. The molecule has 0 unspecified atom stereocenters. The van der Waals surface area contributed by atoms with Gasteiger partial charge in [-0.25, -0.2) is 4.98 Å². The van der Waals surface area contributed by atoms with Gasteiger partial charge in [0.2, 0.25) is 0 Å². The molecule has 0 aliphatic heterocycles. The molecule has 102 valence electrons. The summed E-state index contributed by atoms with van der Waals surface area (Å²) < 4.78 is 6.98. The summed E-state index contributed by atoms with van der Waals surface area (Å²) in [5.74, 6) is 1.22. The minimum Gasteiger partial charge on any atom is -0.495 e. The van der Waals surface area contributed by atoms with Gasteiger partial charge in [0.05, 0.1) is 18.5 Å². The molecule has 7 nitrogen and oxygen atoms in total. The number of hydrogen-bond donors (Lipinski definition) is 2. The Kier molecular flexibility index (Phi) is 4.87. The zero-order valence-electron chi connectivity index (χ0n) is 11.0. The molecule has 0 aromatic carbocycles. The largest absolute Gasteiger partial charge is 0.495 e. The number of anilines is 1. The van der Waals surface area contributed by atoms with Crippen molar-refractivity contribution in [3.8, 4) is 17.0 Å². The predicted octanol–water partition coefficient (Wildman–Crippen LogP) is 1.08. The molecule has 19 heavy (non-hydrogen) atoms. The van der Waals surface area contributed by atoms with Crippen molar-refractivity contribution in [1.29, 1.82) is 0 Å². The second-order valence-corrected chi connectivity index (χ2v) is 3.65. The number of rotatable bonds is 2. The molecule has 0 spiro atoms. The summed E-state index contributed by atoms with van der Waals surface area (Å²) >= 11 is 0. The van der Waals surface area contributed by atoms with E-state index in [0.29, 0.717) is 5.82 Å². The normalized spacial score (nSPS) is 9.42. The van der Waals surface area contributed by atoms with Crippen molar-refractivity contribution < 1.29 is 14.6 Å². The van der Waals surface area contributed by atoms with Crippen LogP contribution in [-0.4, -0.2) is 33.5 Å². The second kappa shape index (κ2) is 6.39. The van der Waals surface area contributed by atoms with E-state index < -0.39 is 0 Å². The van der Waals surface area contributed by atoms with E-state index in [1.165, 1.54) is 0 Å². The zero-order valence-corrected chi connectivity index (χ0v) is 11.0. The molecule has 0 bridgehead atoms. The number of nitrogens with zero attached hydrogens (tertiary/aromatic N) is 3. The monoisotopic (exact) mass is 264 g/mol. The molecule has 2 heterocycles. The van der Waals surface area contributed by atoms with Crippen LogP contribution in [0.25, 0.3) is 11.3 Å². The number of nitrogens with two attached hydrogens (primary N) is 1. The van der Waals surface area contributed by atoms with Gasteiger partial charge >= 0.3 is 0 Å². The van der Waals surface area contributed by atoms with Gasteiger partial charge in [-0.15, -0.1) is 0 Å². The van der Waals surface area contributed by atoms with E-state index in [9.17, 15) is 0 Å². The molecular weight excluding hydrogens is 248 g/mol. The average Bonchev–Trinajstić information content (AvgIpc) is 2.77. The Hall–Kier alpha value is -2.57. The molecule has 0 fully saturated rings. The van der Waals surface area contributed by atoms with Crippen molar-refractivity contribution in [2.75, 3.05) is 12.8 Å². The van der Waals surface area contributed by atoms with E-state index in [0.717, 1.165) is 22.7 Å². The van der Waals surface area contributed by atoms with Gasteiger partial charge in [0, 0.05) is 18.8 Å².